The number of halogens is 4. The Bertz CT molecular complexity index is 1280. The second-order valence-electron chi connectivity index (χ2n) is 7.57. The number of aromatic nitrogens is 2. The highest BCUT2D eigenvalue weighted by molar-refractivity contribution is 7.89. The van der Waals surface area contributed by atoms with Crippen LogP contribution in [0.5, 0.6) is 0 Å². The third-order valence-corrected chi connectivity index (χ3v) is 7.47. The van der Waals surface area contributed by atoms with Crippen LogP contribution in [0, 0.1) is 0 Å². The lowest BCUT2D eigenvalue weighted by atomic mass is 10.0. The van der Waals surface area contributed by atoms with E-state index < -0.39 is 28.1 Å². The fourth-order valence-corrected chi connectivity index (χ4v) is 5.39. The second kappa shape index (κ2) is 9.35. The number of sulfonamides is 1. The zero-order valence-electron chi connectivity index (χ0n) is 17.4. The van der Waals surface area contributed by atoms with Crippen molar-refractivity contribution in [2.24, 2.45) is 0 Å². The molecular weight excluding hydrogens is 497 g/mol. The third-order valence-electron chi connectivity index (χ3n) is 5.29. The van der Waals surface area contributed by atoms with E-state index in [0.29, 0.717) is 27.7 Å². The average Bonchev–Trinajstić information content (AvgIpc) is 3.27. The van der Waals surface area contributed by atoms with Gasteiger partial charge in [0.1, 0.15) is 6.04 Å². The Hall–Kier alpha value is -2.96. The first-order valence-corrected chi connectivity index (χ1v) is 12.0. The zero-order chi connectivity index (χ0) is 24.5. The standard InChI is InChI=1S/C21H18ClF3N4O4S/c22-15-8-4-14(5-9-15)19-27-28-20(33-19)26-18(30)13-6-10-16(11-7-13)34(31,32)29-12-2-1-3-17(29)21(23,24)25/h4-11,17H,1-3,12H2,(H,26,28,30)/t17-/m0/s1. The van der Waals surface area contributed by atoms with Gasteiger partial charge in [-0.15, -0.1) is 5.10 Å². The molecule has 1 aromatic heterocycles. The summed E-state index contributed by atoms with van der Waals surface area (Å²) in [5.41, 5.74) is 0.637. The number of piperidine rings is 1. The predicted molar refractivity (Wildman–Crippen MR) is 117 cm³/mol. The molecule has 8 nitrogen and oxygen atoms in total. The zero-order valence-corrected chi connectivity index (χ0v) is 19.0. The molecule has 1 fully saturated rings. The molecule has 0 radical (unpaired) electrons. The van der Waals surface area contributed by atoms with Crippen LogP contribution < -0.4 is 5.32 Å². The summed E-state index contributed by atoms with van der Waals surface area (Å²) in [5.74, 6) is -0.518. The predicted octanol–water partition coefficient (Wildman–Crippen LogP) is 4.75. The molecule has 1 aliphatic rings. The van der Waals surface area contributed by atoms with Gasteiger partial charge in [0.05, 0.1) is 4.90 Å². The molecule has 1 N–H and O–H groups in total. The highest BCUT2D eigenvalue weighted by atomic mass is 35.5. The first kappa shape index (κ1) is 24.2. The van der Waals surface area contributed by atoms with Crippen molar-refractivity contribution in [3.05, 3.63) is 59.1 Å². The van der Waals surface area contributed by atoms with E-state index in [2.05, 4.69) is 15.5 Å². The maximum absolute atomic E-state index is 13.4. The van der Waals surface area contributed by atoms with Crippen LogP contribution in [0.1, 0.15) is 29.6 Å². The number of carbonyl (C=O) groups excluding carboxylic acids is 1. The molecule has 0 spiro atoms. The summed E-state index contributed by atoms with van der Waals surface area (Å²) in [7, 11) is -4.39. The van der Waals surface area contributed by atoms with Crippen molar-refractivity contribution in [3.8, 4) is 11.5 Å². The van der Waals surface area contributed by atoms with Crippen LogP contribution in [0.25, 0.3) is 11.5 Å². The van der Waals surface area contributed by atoms with Gasteiger partial charge >= 0.3 is 12.2 Å². The smallest absolute Gasteiger partial charge is 0.403 e. The van der Waals surface area contributed by atoms with Crippen LogP contribution >= 0.6 is 11.6 Å². The summed E-state index contributed by atoms with van der Waals surface area (Å²) in [6.07, 6.45) is -4.31. The van der Waals surface area contributed by atoms with Gasteiger partial charge in [0.25, 0.3) is 5.91 Å². The Morgan fingerprint density at radius 2 is 1.74 bits per heavy atom. The lowest BCUT2D eigenvalue weighted by molar-refractivity contribution is -0.177. The Morgan fingerprint density at radius 1 is 1.06 bits per heavy atom. The molecule has 2 heterocycles. The maximum atomic E-state index is 13.4. The van der Waals surface area contributed by atoms with Crippen molar-refractivity contribution in [3.63, 3.8) is 0 Å². The summed E-state index contributed by atoms with van der Waals surface area (Å²) >= 11 is 5.84. The molecule has 1 amide bonds. The molecule has 0 bridgehead atoms. The van der Waals surface area contributed by atoms with E-state index in [9.17, 15) is 26.4 Å². The number of alkyl halides is 3. The minimum Gasteiger partial charge on any atom is -0.403 e. The van der Waals surface area contributed by atoms with Crippen molar-refractivity contribution < 1.29 is 30.8 Å². The van der Waals surface area contributed by atoms with Gasteiger partial charge in [-0.25, -0.2) is 8.42 Å². The van der Waals surface area contributed by atoms with E-state index in [1.165, 1.54) is 12.1 Å². The van der Waals surface area contributed by atoms with Crippen molar-refractivity contribution in [2.45, 2.75) is 36.4 Å². The molecule has 0 saturated carbocycles. The van der Waals surface area contributed by atoms with Crippen LogP contribution in [-0.4, -0.2) is 47.6 Å². The molecule has 0 aliphatic carbocycles. The molecule has 4 rings (SSSR count). The number of rotatable bonds is 5. The average molecular weight is 515 g/mol. The molecule has 0 unspecified atom stereocenters. The highest BCUT2D eigenvalue weighted by Crippen LogP contribution is 2.35. The fraction of sp³-hybridized carbons (Fsp3) is 0.286. The van der Waals surface area contributed by atoms with Gasteiger partial charge in [-0.3, -0.25) is 10.1 Å². The van der Waals surface area contributed by atoms with E-state index >= 15 is 0 Å². The van der Waals surface area contributed by atoms with Gasteiger partial charge in [-0.2, -0.15) is 17.5 Å². The SMILES string of the molecule is O=C(Nc1nnc(-c2ccc(Cl)cc2)o1)c1ccc(S(=O)(=O)N2CCCC[C@H]2C(F)(F)F)cc1. The minimum atomic E-state index is -4.66. The molecule has 180 valence electrons. The van der Waals surface area contributed by atoms with Crippen molar-refractivity contribution in [1.82, 2.24) is 14.5 Å². The summed E-state index contributed by atoms with van der Waals surface area (Å²) in [5, 5.41) is 10.5. The molecule has 2 aromatic carbocycles. The Morgan fingerprint density at radius 3 is 2.38 bits per heavy atom. The number of benzene rings is 2. The molecule has 3 aromatic rings. The van der Waals surface area contributed by atoms with E-state index in [4.69, 9.17) is 16.0 Å². The molecule has 13 heteroatoms. The summed E-state index contributed by atoms with van der Waals surface area (Å²) < 4.78 is 71.7. The van der Waals surface area contributed by atoms with Crippen molar-refractivity contribution >= 4 is 33.5 Å². The monoisotopic (exact) mass is 514 g/mol. The van der Waals surface area contributed by atoms with Gasteiger partial charge in [0.15, 0.2) is 0 Å². The topological polar surface area (TPSA) is 105 Å². The summed E-state index contributed by atoms with van der Waals surface area (Å²) in [6.45, 7) is -0.220. The Balaban J connectivity index is 1.48. The number of nitrogens with zero attached hydrogens (tertiary/aromatic N) is 3. The van der Waals surface area contributed by atoms with Crippen LogP contribution in [-0.2, 0) is 10.0 Å². The number of amides is 1. The Labute approximate surface area is 197 Å². The number of carbonyl (C=O) groups is 1. The lowest BCUT2D eigenvalue weighted by Crippen LogP contribution is -2.51. The minimum absolute atomic E-state index is 0.0520. The van der Waals surface area contributed by atoms with Gasteiger partial charge < -0.3 is 4.42 Å². The summed E-state index contributed by atoms with van der Waals surface area (Å²) in [6, 6.07) is 8.92. The number of nitrogens with one attached hydrogen (secondary N) is 1. The first-order valence-electron chi connectivity index (χ1n) is 10.1. The first-order chi connectivity index (χ1) is 16.1. The van der Waals surface area contributed by atoms with Crippen molar-refractivity contribution in [1.29, 1.82) is 0 Å². The van der Waals surface area contributed by atoms with Crippen LogP contribution in [0.15, 0.2) is 57.8 Å². The molecule has 1 atom stereocenters. The molecular formula is C21H18ClF3N4O4S. The Kier molecular flexibility index (Phi) is 6.65. The van der Waals surface area contributed by atoms with Crippen LogP contribution in [0.3, 0.4) is 0 Å². The van der Waals surface area contributed by atoms with E-state index in [0.717, 1.165) is 12.1 Å². The summed E-state index contributed by atoms with van der Waals surface area (Å²) in [4.78, 5) is 12.2. The fourth-order valence-electron chi connectivity index (χ4n) is 3.59. The van der Waals surface area contributed by atoms with Gasteiger partial charge in [0, 0.05) is 22.7 Å². The second-order valence-corrected chi connectivity index (χ2v) is 9.89. The molecule has 34 heavy (non-hydrogen) atoms. The number of anilines is 1. The molecule has 1 saturated heterocycles. The van der Waals surface area contributed by atoms with Crippen molar-refractivity contribution in [2.75, 3.05) is 11.9 Å². The van der Waals surface area contributed by atoms with Gasteiger partial charge in [-0.1, -0.05) is 23.1 Å². The maximum Gasteiger partial charge on any atom is 0.405 e. The van der Waals surface area contributed by atoms with E-state index in [-0.39, 0.29) is 35.3 Å². The largest absolute Gasteiger partial charge is 0.405 e. The third kappa shape index (κ3) is 5.08. The quantitative estimate of drug-likeness (QED) is 0.527. The van der Waals surface area contributed by atoms with E-state index in [1.54, 1.807) is 24.3 Å². The van der Waals surface area contributed by atoms with E-state index in [1.807, 2.05) is 0 Å². The van der Waals surface area contributed by atoms with Crippen LogP contribution in [0.2, 0.25) is 5.02 Å². The van der Waals surface area contributed by atoms with Gasteiger partial charge in [-0.05, 0) is 61.4 Å². The van der Waals surface area contributed by atoms with Gasteiger partial charge in [0.2, 0.25) is 15.9 Å². The highest BCUT2D eigenvalue weighted by Gasteiger charge is 2.49. The lowest BCUT2D eigenvalue weighted by Gasteiger charge is -2.35. The van der Waals surface area contributed by atoms with Crippen LogP contribution in [0.4, 0.5) is 19.2 Å². The number of hydrogen-bond donors (Lipinski definition) is 1. The molecule has 1 aliphatic heterocycles. The normalized spacial score (nSPS) is 17.5. The number of hydrogen-bond acceptors (Lipinski definition) is 6.